The third kappa shape index (κ3) is 3.69. The molecule has 0 saturated heterocycles. The van der Waals surface area contributed by atoms with Gasteiger partial charge in [-0.3, -0.25) is 0 Å². The number of halogens is 1. The minimum Gasteiger partial charge on any atom is -0.439 e. The van der Waals surface area contributed by atoms with E-state index in [1.807, 2.05) is 37.3 Å². The fourth-order valence-electron chi connectivity index (χ4n) is 1.70. The van der Waals surface area contributed by atoms with Crippen LogP contribution in [0.2, 0.25) is 5.02 Å². The molecule has 0 bridgehead atoms. The third-order valence-electron chi connectivity index (χ3n) is 2.76. The molecule has 3 nitrogen and oxygen atoms in total. The molecule has 1 aromatic carbocycles. The number of aryl methyl sites for hydroxylation is 1. The maximum Gasteiger partial charge on any atom is 0.223 e. The predicted molar refractivity (Wildman–Crippen MR) is 77.9 cm³/mol. The van der Waals surface area contributed by atoms with Crippen molar-refractivity contribution in [3.8, 4) is 11.6 Å². The van der Waals surface area contributed by atoms with E-state index in [9.17, 15) is 0 Å². The number of hydrogen-bond acceptors (Lipinski definition) is 3. The van der Waals surface area contributed by atoms with Gasteiger partial charge in [-0.15, -0.1) is 0 Å². The van der Waals surface area contributed by atoms with Crippen LogP contribution in [0.25, 0.3) is 0 Å². The first kappa shape index (κ1) is 13.8. The monoisotopic (exact) mass is 276 g/mol. The Hall–Kier alpha value is -1.58. The summed E-state index contributed by atoms with van der Waals surface area (Å²) in [6.07, 6.45) is 1.73. The first-order valence-corrected chi connectivity index (χ1v) is 6.67. The van der Waals surface area contributed by atoms with Crippen LogP contribution in [0, 0.1) is 6.92 Å². The van der Waals surface area contributed by atoms with Gasteiger partial charge in [0, 0.05) is 23.3 Å². The van der Waals surface area contributed by atoms with Crippen LogP contribution >= 0.6 is 11.6 Å². The van der Waals surface area contributed by atoms with E-state index in [0.29, 0.717) is 5.88 Å². The van der Waals surface area contributed by atoms with Gasteiger partial charge in [0.1, 0.15) is 5.75 Å². The van der Waals surface area contributed by atoms with E-state index in [-0.39, 0.29) is 0 Å². The molecule has 0 atom stereocenters. The van der Waals surface area contributed by atoms with Gasteiger partial charge in [-0.25, -0.2) is 4.98 Å². The number of hydrogen-bond donors (Lipinski definition) is 1. The number of benzene rings is 1. The van der Waals surface area contributed by atoms with Crippen molar-refractivity contribution in [2.24, 2.45) is 0 Å². The number of nitrogens with zero attached hydrogens (tertiary/aromatic N) is 1. The molecule has 1 heterocycles. The van der Waals surface area contributed by atoms with Gasteiger partial charge in [0.2, 0.25) is 5.88 Å². The number of pyridine rings is 1. The molecule has 0 fully saturated rings. The molecule has 0 unspecified atom stereocenters. The second-order valence-electron chi connectivity index (χ2n) is 4.26. The molecule has 1 N–H and O–H groups in total. The summed E-state index contributed by atoms with van der Waals surface area (Å²) in [4.78, 5) is 4.28. The minimum absolute atomic E-state index is 0.630. The molecule has 4 heteroatoms. The van der Waals surface area contributed by atoms with Crippen molar-refractivity contribution in [1.82, 2.24) is 10.3 Å². The molecule has 2 aromatic rings. The Morgan fingerprint density at radius 1 is 1.32 bits per heavy atom. The number of rotatable bonds is 5. The molecule has 100 valence electrons. The summed E-state index contributed by atoms with van der Waals surface area (Å²) in [5, 5.41) is 4.01. The molecule has 0 aliphatic rings. The predicted octanol–water partition coefficient (Wildman–Crippen LogP) is 3.95. The molecule has 0 aliphatic heterocycles. The number of aromatic nitrogens is 1. The Bertz CT molecular complexity index is 558. The molecule has 0 amide bonds. The zero-order chi connectivity index (χ0) is 13.7. The van der Waals surface area contributed by atoms with E-state index in [0.717, 1.165) is 35.0 Å². The maximum absolute atomic E-state index is 6.00. The summed E-state index contributed by atoms with van der Waals surface area (Å²) in [5.41, 5.74) is 2.03. The molecule has 1 aromatic heterocycles. The average molecular weight is 277 g/mol. The lowest BCUT2D eigenvalue weighted by Gasteiger charge is -2.10. The van der Waals surface area contributed by atoms with E-state index < -0.39 is 0 Å². The third-order valence-corrected chi connectivity index (χ3v) is 3.18. The van der Waals surface area contributed by atoms with Gasteiger partial charge in [0.15, 0.2) is 0 Å². The van der Waals surface area contributed by atoms with Crippen molar-refractivity contribution in [1.29, 1.82) is 0 Å². The van der Waals surface area contributed by atoms with Crippen LogP contribution in [0.5, 0.6) is 11.6 Å². The van der Waals surface area contributed by atoms with E-state index in [1.165, 1.54) is 0 Å². The van der Waals surface area contributed by atoms with Crippen LogP contribution < -0.4 is 10.1 Å². The highest BCUT2D eigenvalue weighted by Gasteiger charge is 2.06. The van der Waals surface area contributed by atoms with Crippen LogP contribution in [-0.2, 0) is 6.54 Å². The maximum atomic E-state index is 6.00. The van der Waals surface area contributed by atoms with E-state index in [1.54, 1.807) is 6.20 Å². The molecular formula is C15H17ClN2O. The fraction of sp³-hybridized carbons (Fsp3) is 0.267. The highest BCUT2D eigenvalue weighted by atomic mass is 35.5. The Balaban J connectivity index is 2.20. The van der Waals surface area contributed by atoms with Crippen LogP contribution in [0.15, 0.2) is 36.5 Å². The van der Waals surface area contributed by atoms with Gasteiger partial charge in [0.25, 0.3) is 0 Å². The summed E-state index contributed by atoms with van der Waals surface area (Å²) in [6, 6.07) is 9.51. The first-order chi connectivity index (χ1) is 9.20. The normalized spacial score (nSPS) is 10.5. The summed E-state index contributed by atoms with van der Waals surface area (Å²) in [7, 11) is 0. The molecule has 0 aliphatic carbocycles. The Morgan fingerprint density at radius 3 is 2.89 bits per heavy atom. The standard InChI is InChI=1S/C15H17ClN2O/c1-3-17-10-12-5-4-8-18-15(12)19-13-6-7-14(16)11(2)9-13/h4-9,17H,3,10H2,1-2H3. The van der Waals surface area contributed by atoms with E-state index in [2.05, 4.69) is 17.2 Å². The summed E-state index contributed by atoms with van der Waals surface area (Å²) in [6.45, 7) is 5.67. The van der Waals surface area contributed by atoms with Gasteiger partial charge < -0.3 is 10.1 Å². The number of ether oxygens (including phenoxy) is 1. The zero-order valence-corrected chi connectivity index (χ0v) is 11.9. The molecule has 0 radical (unpaired) electrons. The SMILES string of the molecule is CCNCc1cccnc1Oc1ccc(Cl)c(C)c1. The van der Waals surface area contributed by atoms with Crippen LogP contribution in [-0.4, -0.2) is 11.5 Å². The van der Waals surface area contributed by atoms with Gasteiger partial charge in [-0.1, -0.05) is 24.6 Å². The Morgan fingerprint density at radius 2 is 2.16 bits per heavy atom. The largest absolute Gasteiger partial charge is 0.439 e. The van der Waals surface area contributed by atoms with E-state index in [4.69, 9.17) is 16.3 Å². The lowest BCUT2D eigenvalue weighted by molar-refractivity contribution is 0.453. The van der Waals surface area contributed by atoms with Gasteiger partial charge in [-0.05, 0) is 43.3 Å². The van der Waals surface area contributed by atoms with Crippen molar-refractivity contribution in [2.45, 2.75) is 20.4 Å². The first-order valence-electron chi connectivity index (χ1n) is 6.29. The minimum atomic E-state index is 0.630. The summed E-state index contributed by atoms with van der Waals surface area (Å²) >= 11 is 6.00. The second-order valence-corrected chi connectivity index (χ2v) is 4.67. The smallest absolute Gasteiger partial charge is 0.223 e. The highest BCUT2D eigenvalue weighted by Crippen LogP contribution is 2.26. The summed E-state index contributed by atoms with van der Waals surface area (Å²) in [5.74, 6) is 1.38. The van der Waals surface area contributed by atoms with Crippen LogP contribution in [0.3, 0.4) is 0 Å². The molecule has 19 heavy (non-hydrogen) atoms. The van der Waals surface area contributed by atoms with Crippen LogP contribution in [0.4, 0.5) is 0 Å². The average Bonchev–Trinajstić information content (AvgIpc) is 2.42. The second kappa shape index (κ2) is 6.55. The van der Waals surface area contributed by atoms with Gasteiger partial charge >= 0.3 is 0 Å². The Labute approximate surface area is 118 Å². The van der Waals surface area contributed by atoms with E-state index >= 15 is 0 Å². The lowest BCUT2D eigenvalue weighted by Crippen LogP contribution is -2.12. The molecule has 0 spiro atoms. The van der Waals surface area contributed by atoms with Crippen molar-refractivity contribution in [2.75, 3.05) is 6.54 Å². The quantitative estimate of drug-likeness (QED) is 0.898. The molecule has 2 rings (SSSR count). The zero-order valence-electron chi connectivity index (χ0n) is 11.1. The van der Waals surface area contributed by atoms with Crippen molar-refractivity contribution in [3.05, 3.63) is 52.7 Å². The molecule has 0 saturated carbocycles. The molecular weight excluding hydrogens is 260 g/mol. The lowest BCUT2D eigenvalue weighted by atomic mass is 10.2. The van der Waals surface area contributed by atoms with Gasteiger partial charge in [0.05, 0.1) is 0 Å². The Kier molecular flexibility index (Phi) is 4.77. The highest BCUT2D eigenvalue weighted by molar-refractivity contribution is 6.31. The topological polar surface area (TPSA) is 34.2 Å². The van der Waals surface area contributed by atoms with Gasteiger partial charge in [-0.2, -0.15) is 0 Å². The van der Waals surface area contributed by atoms with Crippen molar-refractivity contribution < 1.29 is 4.74 Å². The van der Waals surface area contributed by atoms with Crippen molar-refractivity contribution in [3.63, 3.8) is 0 Å². The summed E-state index contributed by atoms with van der Waals surface area (Å²) < 4.78 is 5.83. The van der Waals surface area contributed by atoms with Crippen molar-refractivity contribution >= 4 is 11.6 Å². The van der Waals surface area contributed by atoms with Crippen LogP contribution in [0.1, 0.15) is 18.1 Å². The number of nitrogens with one attached hydrogen (secondary N) is 1. The fourth-order valence-corrected chi connectivity index (χ4v) is 1.82.